The van der Waals surface area contributed by atoms with E-state index in [4.69, 9.17) is 0 Å². The van der Waals surface area contributed by atoms with Gasteiger partial charge in [-0.25, -0.2) is 4.39 Å². The highest BCUT2D eigenvalue weighted by atomic mass is 19.1. The number of aromatic nitrogens is 3. The second-order valence-electron chi connectivity index (χ2n) is 5.54. The van der Waals surface area contributed by atoms with E-state index in [-0.39, 0.29) is 11.6 Å². The monoisotopic (exact) mass is 333 g/mol. The second-order valence-corrected chi connectivity index (χ2v) is 5.54. The fourth-order valence-corrected chi connectivity index (χ4v) is 2.49. The van der Waals surface area contributed by atoms with Gasteiger partial charge in [0.25, 0.3) is 0 Å². The van der Waals surface area contributed by atoms with Crippen molar-refractivity contribution >= 4 is 11.6 Å². The van der Waals surface area contributed by atoms with Gasteiger partial charge in [0.2, 0.25) is 0 Å². The fraction of sp³-hybridized carbons (Fsp3) is 0.471. The molecule has 0 bridgehead atoms. The minimum atomic E-state index is -0.320. The SMILES string of the molecule is CCN(CC)CCCNc1c(C(C)=O)nnn1-c1ccc(F)cc1. The van der Waals surface area contributed by atoms with Crippen LogP contribution in [0.3, 0.4) is 0 Å². The molecule has 0 aliphatic rings. The van der Waals surface area contributed by atoms with Crippen molar-refractivity contribution in [2.45, 2.75) is 27.2 Å². The Morgan fingerprint density at radius 3 is 2.50 bits per heavy atom. The summed E-state index contributed by atoms with van der Waals surface area (Å²) in [5.74, 6) is 0.0719. The Balaban J connectivity index is 2.13. The zero-order valence-electron chi connectivity index (χ0n) is 14.4. The number of rotatable bonds is 9. The van der Waals surface area contributed by atoms with Crippen molar-refractivity contribution < 1.29 is 9.18 Å². The largest absolute Gasteiger partial charge is 0.368 e. The van der Waals surface area contributed by atoms with Gasteiger partial charge in [-0.1, -0.05) is 19.1 Å². The summed E-state index contributed by atoms with van der Waals surface area (Å²) >= 11 is 0. The third-order valence-corrected chi connectivity index (χ3v) is 3.91. The van der Waals surface area contributed by atoms with Gasteiger partial charge in [0.15, 0.2) is 17.3 Å². The number of carbonyl (C=O) groups excluding carboxylic acids is 1. The highest BCUT2D eigenvalue weighted by Gasteiger charge is 2.17. The van der Waals surface area contributed by atoms with E-state index in [2.05, 4.69) is 34.4 Å². The predicted molar refractivity (Wildman–Crippen MR) is 92.2 cm³/mol. The Hall–Kier alpha value is -2.28. The average molecular weight is 333 g/mol. The lowest BCUT2D eigenvalue weighted by Crippen LogP contribution is -2.25. The van der Waals surface area contributed by atoms with Crippen molar-refractivity contribution in [3.05, 3.63) is 35.8 Å². The Bertz CT molecular complexity index is 664. The molecule has 1 N–H and O–H groups in total. The summed E-state index contributed by atoms with van der Waals surface area (Å²) in [6, 6.07) is 5.92. The van der Waals surface area contributed by atoms with Gasteiger partial charge in [-0.05, 0) is 50.3 Å². The quantitative estimate of drug-likeness (QED) is 0.565. The zero-order valence-corrected chi connectivity index (χ0v) is 14.4. The summed E-state index contributed by atoms with van der Waals surface area (Å²) < 4.78 is 14.6. The molecule has 0 aliphatic heterocycles. The first kappa shape index (κ1) is 18.1. The highest BCUT2D eigenvalue weighted by molar-refractivity contribution is 5.96. The molecule has 2 aromatic rings. The predicted octanol–water partition coefficient (Wildman–Crippen LogP) is 2.75. The Labute approximate surface area is 141 Å². The molecule has 0 saturated heterocycles. The van der Waals surface area contributed by atoms with E-state index >= 15 is 0 Å². The average Bonchev–Trinajstić information content (AvgIpc) is 3.00. The number of carbonyl (C=O) groups is 1. The van der Waals surface area contributed by atoms with Crippen molar-refractivity contribution in [1.82, 2.24) is 19.9 Å². The summed E-state index contributed by atoms with van der Waals surface area (Å²) in [5.41, 5.74) is 0.949. The topological polar surface area (TPSA) is 63.1 Å². The number of benzene rings is 1. The number of hydrogen-bond donors (Lipinski definition) is 1. The van der Waals surface area contributed by atoms with Crippen molar-refractivity contribution in [3.63, 3.8) is 0 Å². The lowest BCUT2D eigenvalue weighted by atomic mass is 10.2. The number of halogens is 1. The summed E-state index contributed by atoms with van der Waals surface area (Å²) in [5, 5.41) is 11.2. The van der Waals surface area contributed by atoms with Crippen LogP contribution in [0.15, 0.2) is 24.3 Å². The second kappa shape index (κ2) is 8.54. The molecule has 24 heavy (non-hydrogen) atoms. The Morgan fingerprint density at radius 1 is 1.25 bits per heavy atom. The van der Waals surface area contributed by atoms with E-state index in [1.54, 1.807) is 12.1 Å². The molecule has 0 fully saturated rings. The molecule has 2 rings (SSSR count). The molecule has 0 unspecified atom stereocenters. The number of anilines is 1. The molecule has 0 aliphatic carbocycles. The van der Waals surface area contributed by atoms with E-state index in [0.29, 0.717) is 23.7 Å². The zero-order chi connectivity index (χ0) is 17.5. The van der Waals surface area contributed by atoms with E-state index in [0.717, 1.165) is 26.1 Å². The minimum Gasteiger partial charge on any atom is -0.368 e. The number of ketones is 1. The van der Waals surface area contributed by atoms with Crippen LogP contribution in [0.4, 0.5) is 10.2 Å². The lowest BCUT2D eigenvalue weighted by molar-refractivity contribution is 0.101. The molecule has 0 radical (unpaired) electrons. The number of hydrogen-bond acceptors (Lipinski definition) is 5. The maximum Gasteiger partial charge on any atom is 0.183 e. The van der Waals surface area contributed by atoms with Crippen molar-refractivity contribution in [2.24, 2.45) is 0 Å². The van der Waals surface area contributed by atoms with Crippen LogP contribution in [0, 0.1) is 5.82 Å². The van der Waals surface area contributed by atoms with Gasteiger partial charge in [0.05, 0.1) is 5.69 Å². The fourth-order valence-electron chi connectivity index (χ4n) is 2.49. The van der Waals surface area contributed by atoms with Crippen LogP contribution in [-0.2, 0) is 0 Å². The Kier molecular flexibility index (Phi) is 6.43. The molecule has 1 aromatic carbocycles. The first-order chi connectivity index (χ1) is 11.6. The van der Waals surface area contributed by atoms with Crippen LogP contribution >= 0.6 is 0 Å². The van der Waals surface area contributed by atoms with Crippen molar-refractivity contribution in [3.8, 4) is 5.69 Å². The normalized spacial score (nSPS) is 11.0. The van der Waals surface area contributed by atoms with Gasteiger partial charge in [0, 0.05) is 13.5 Å². The maximum absolute atomic E-state index is 13.1. The molecule has 0 atom stereocenters. The lowest BCUT2D eigenvalue weighted by Gasteiger charge is -2.18. The van der Waals surface area contributed by atoms with Gasteiger partial charge >= 0.3 is 0 Å². The van der Waals surface area contributed by atoms with Crippen LogP contribution < -0.4 is 5.32 Å². The van der Waals surface area contributed by atoms with Gasteiger partial charge in [-0.15, -0.1) is 5.10 Å². The highest BCUT2D eigenvalue weighted by Crippen LogP contribution is 2.19. The molecule has 130 valence electrons. The molecular formula is C17H24FN5O. The van der Waals surface area contributed by atoms with Gasteiger partial charge in [0.1, 0.15) is 5.82 Å². The van der Waals surface area contributed by atoms with E-state index in [9.17, 15) is 9.18 Å². The number of nitrogens with zero attached hydrogens (tertiary/aromatic N) is 4. The maximum atomic E-state index is 13.1. The van der Waals surface area contributed by atoms with Crippen molar-refractivity contribution in [1.29, 1.82) is 0 Å². The molecule has 0 spiro atoms. The first-order valence-electron chi connectivity index (χ1n) is 8.25. The molecule has 6 nitrogen and oxygen atoms in total. The molecule has 1 aromatic heterocycles. The minimum absolute atomic E-state index is 0.158. The standard InChI is InChI=1S/C17H24FN5O/c1-4-22(5-2)12-6-11-19-17-16(13(3)24)20-21-23(17)15-9-7-14(18)8-10-15/h7-10,19H,4-6,11-12H2,1-3H3. The van der Waals surface area contributed by atoms with Gasteiger partial charge < -0.3 is 10.2 Å². The summed E-state index contributed by atoms with van der Waals surface area (Å²) in [7, 11) is 0. The van der Waals surface area contributed by atoms with Crippen molar-refractivity contribution in [2.75, 3.05) is 31.5 Å². The van der Waals surface area contributed by atoms with Crippen LogP contribution in [-0.4, -0.2) is 51.9 Å². The van der Waals surface area contributed by atoms with E-state index in [1.165, 1.54) is 23.7 Å². The van der Waals surface area contributed by atoms with Crippen LogP contribution in [0.25, 0.3) is 5.69 Å². The molecule has 0 amide bonds. The van der Waals surface area contributed by atoms with E-state index < -0.39 is 0 Å². The number of Topliss-reactive ketones (excluding diaryl/α,β-unsaturated/α-hetero) is 1. The molecule has 0 saturated carbocycles. The van der Waals surface area contributed by atoms with Crippen LogP contribution in [0.1, 0.15) is 37.7 Å². The smallest absolute Gasteiger partial charge is 0.183 e. The molecule has 7 heteroatoms. The first-order valence-corrected chi connectivity index (χ1v) is 8.25. The van der Waals surface area contributed by atoms with Gasteiger partial charge in [-0.2, -0.15) is 4.68 Å². The summed E-state index contributed by atoms with van der Waals surface area (Å²) in [6.45, 7) is 9.45. The van der Waals surface area contributed by atoms with Gasteiger partial charge in [-0.3, -0.25) is 4.79 Å². The van der Waals surface area contributed by atoms with Crippen LogP contribution in [0.2, 0.25) is 0 Å². The summed E-state index contributed by atoms with van der Waals surface area (Å²) in [6.07, 6.45) is 0.938. The Morgan fingerprint density at radius 2 is 1.92 bits per heavy atom. The molecule has 1 heterocycles. The van der Waals surface area contributed by atoms with E-state index in [1.807, 2.05) is 0 Å². The third kappa shape index (κ3) is 4.38. The van der Waals surface area contributed by atoms with Crippen LogP contribution in [0.5, 0.6) is 0 Å². The summed E-state index contributed by atoms with van der Waals surface area (Å²) in [4.78, 5) is 14.1. The number of nitrogens with one attached hydrogen (secondary N) is 1. The molecular weight excluding hydrogens is 309 g/mol. The third-order valence-electron chi connectivity index (χ3n) is 3.91.